The first-order valence-electron chi connectivity index (χ1n) is 6.74. The first-order chi connectivity index (χ1) is 10.0. The fraction of sp³-hybridized carbons (Fsp3) is 0.250. The number of rotatable bonds is 7. The van der Waals surface area contributed by atoms with E-state index in [4.69, 9.17) is 9.29 Å². The highest BCUT2D eigenvalue weighted by Crippen LogP contribution is 2.15. The van der Waals surface area contributed by atoms with Crippen molar-refractivity contribution in [3.05, 3.63) is 65.7 Å². The number of aryl methyl sites for hydroxylation is 1. The highest BCUT2D eigenvalue weighted by molar-refractivity contribution is 7.85. The van der Waals surface area contributed by atoms with Crippen molar-refractivity contribution in [3.8, 4) is 5.75 Å². The van der Waals surface area contributed by atoms with Crippen molar-refractivity contribution in [1.29, 1.82) is 0 Å². The third-order valence-electron chi connectivity index (χ3n) is 3.04. The Morgan fingerprint density at radius 2 is 1.57 bits per heavy atom. The summed E-state index contributed by atoms with van der Waals surface area (Å²) in [7, 11) is -3.87. The van der Waals surface area contributed by atoms with Gasteiger partial charge in [-0.15, -0.1) is 0 Å². The summed E-state index contributed by atoms with van der Waals surface area (Å²) in [5, 5.41) is 0. The van der Waals surface area contributed by atoms with Gasteiger partial charge in [-0.3, -0.25) is 4.55 Å². The number of benzene rings is 2. The number of hydrogen-bond acceptors (Lipinski definition) is 3. The van der Waals surface area contributed by atoms with Crippen molar-refractivity contribution in [2.45, 2.75) is 19.4 Å². The molecule has 0 heterocycles. The molecule has 2 aromatic carbocycles. The predicted molar refractivity (Wildman–Crippen MR) is 82.0 cm³/mol. The normalized spacial score (nSPS) is 11.3. The van der Waals surface area contributed by atoms with Crippen molar-refractivity contribution in [3.63, 3.8) is 0 Å². The van der Waals surface area contributed by atoms with E-state index in [1.165, 1.54) is 0 Å². The molecule has 0 aliphatic heterocycles. The molecule has 4 nitrogen and oxygen atoms in total. The molecule has 0 amide bonds. The molecule has 0 aliphatic carbocycles. The lowest BCUT2D eigenvalue weighted by Gasteiger charge is -2.07. The van der Waals surface area contributed by atoms with Gasteiger partial charge in [0.25, 0.3) is 10.1 Å². The Labute approximate surface area is 125 Å². The van der Waals surface area contributed by atoms with Crippen LogP contribution in [-0.4, -0.2) is 18.7 Å². The summed E-state index contributed by atoms with van der Waals surface area (Å²) in [5.41, 5.74) is 2.13. The van der Waals surface area contributed by atoms with Gasteiger partial charge in [0.2, 0.25) is 0 Å². The Balaban J connectivity index is 1.82. The smallest absolute Gasteiger partial charge is 0.264 e. The zero-order valence-electron chi connectivity index (χ0n) is 11.6. The van der Waals surface area contributed by atoms with Gasteiger partial charge in [-0.05, 0) is 36.1 Å². The Morgan fingerprint density at radius 3 is 2.19 bits per heavy atom. The van der Waals surface area contributed by atoms with Crippen molar-refractivity contribution in [2.75, 3.05) is 5.75 Å². The molecule has 5 heteroatoms. The molecule has 0 atom stereocenters. The van der Waals surface area contributed by atoms with E-state index in [1.807, 2.05) is 54.6 Å². The molecule has 2 aromatic rings. The van der Waals surface area contributed by atoms with Gasteiger partial charge in [0.1, 0.15) is 12.4 Å². The van der Waals surface area contributed by atoms with Crippen LogP contribution in [0.2, 0.25) is 0 Å². The van der Waals surface area contributed by atoms with E-state index in [0.29, 0.717) is 19.4 Å². The zero-order chi connectivity index (χ0) is 15.1. The summed E-state index contributed by atoms with van der Waals surface area (Å²) < 4.78 is 35.6. The van der Waals surface area contributed by atoms with E-state index < -0.39 is 10.1 Å². The third-order valence-corrected chi connectivity index (χ3v) is 3.84. The predicted octanol–water partition coefficient (Wildman–Crippen LogP) is 3.09. The van der Waals surface area contributed by atoms with E-state index in [2.05, 4.69) is 0 Å². The Kier molecular flexibility index (Phi) is 5.36. The standard InChI is InChI=1S/C16H18O4S/c17-21(18,19)12-4-7-14-8-10-16(11-9-14)20-13-15-5-2-1-3-6-15/h1-3,5-6,8-11H,4,7,12-13H2,(H,17,18,19). The molecule has 21 heavy (non-hydrogen) atoms. The maximum atomic E-state index is 10.6. The second-order valence-electron chi connectivity index (χ2n) is 4.81. The van der Waals surface area contributed by atoms with Crippen LogP contribution in [0.25, 0.3) is 0 Å². The van der Waals surface area contributed by atoms with Crippen molar-refractivity contribution in [1.82, 2.24) is 0 Å². The van der Waals surface area contributed by atoms with Crippen LogP contribution in [0.15, 0.2) is 54.6 Å². The molecular formula is C16H18O4S. The minimum Gasteiger partial charge on any atom is -0.489 e. The van der Waals surface area contributed by atoms with Crippen LogP contribution in [0.5, 0.6) is 5.75 Å². The van der Waals surface area contributed by atoms with Crippen molar-refractivity contribution < 1.29 is 17.7 Å². The summed E-state index contributed by atoms with van der Waals surface area (Å²) in [5.74, 6) is 0.566. The molecule has 2 rings (SSSR count). The van der Waals surface area contributed by atoms with E-state index in [9.17, 15) is 8.42 Å². The Bertz CT molecular complexity index is 648. The van der Waals surface area contributed by atoms with E-state index >= 15 is 0 Å². The molecule has 1 N–H and O–H groups in total. The average molecular weight is 306 g/mol. The minimum absolute atomic E-state index is 0.209. The molecule has 0 unspecified atom stereocenters. The topological polar surface area (TPSA) is 63.6 Å². The third kappa shape index (κ3) is 5.97. The van der Waals surface area contributed by atoms with Crippen LogP contribution in [0, 0.1) is 0 Å². The van der Waals surface area contributed by atoms with Gasteiger partial charge < -0.3 is 4.74 Å². The molecule has 0 radical (unpaired) electrons. The molecule has 0 fully saturated rings. The molecular weight excluding hydrogens is 288 g/mol. The number of hydrogen-bond donors (Lipinski definition) is 1. The Hall–Kier alpha value is -1.85. The molecule has 0 saturated heterocycles. The highest BCUT2D eigenvalue weighted by atomic mass is 32.2. The molecule has 0 spiro atoms. The first-order valence-corrected chi connectivity index (χ1v) is 8.35. The quantitative estimate of drug-likeness (QED) is 0.798. The maximum Gasteiger partial charge on any atom is 0.264 e. The zero-order valence-corrected chi connectivity index (χ0v) is 12.4. The lowest BCUT2D eigenvalue weighted by molar-refractivity contribution is 0.306. The lowest BCUT2D eigenvalue weighted by atomic mass is 10.1. The van der Waals surface area contributed by atoms with Crippen LogP contribution in [0.4, 0.5) is 0 Å². The van der Waals surface area contributed by atoms with Crippen LogP contribution in [-0.2, 0) is 23.1 Å². The summed E-state index contributed by atoms with van der Waals surface area (Å²) in [4.78, 5) is 0. The van der Waals surface area contributed by atoms with E-state index in [0.717, 1.165) is 16.9 Å². The summed E-state index contributed by atoms with van der Waals surface area (Å²) >= 11 is 0. The van der Waals surface area contributed by atoms with Gasteiger partial charge in [0.05, 0.1) is 5.75 Å². The monoisotopic (exact) mass is 306 g/mol. The van der Waals surface area contributed by atoms with Gasteiger partial charge in [-0.25, -0.2) is 0 Å². The van der Waals surface area contributed by atoms with Gasteiger partial charge in [0, 0.05) is 0 Å². The summed E-state index contributed by atoms with van der Waals surface area (Å²) in [6.45, 7) is 0.517. The SMILES string of the molecule is O=S(=O)(O)CCCc1ccc(OCc2ccccc2)cc1. The fourth-order valence-corrected chi connectivity index (χ4v) is 2.46. The molecule has 0 saturated carbocycles. The van der Waals surface area contributed by atoms with Crippen LogP contribution in [0.1, 0.15) is 17.5 Å². The number of ether oxygens (including phenoxy) is 1. The van der Waals surface area contributed by atoms with Crippen LogP contribution < -0.4 is 4.74 Å². The van der Waals surface area contributed by atoms with Gasteiger partial charge in [0.15, 0.2) is 0 Å². The van der Waals surface area contributed by atoms with Gasteiger partial charge >= 0.3 is 0 Å². The van der Waals surface area contributed by atoms with Crippen LogP contribution in [0.3, 0.4) is 0 Å². The minimum atomic E-state index is -3.87. The highest BCUT2D eigenvalue weighted by Gasteiger charge is 2.04. The molecule has 112 valence electrons. The van der Waals surface area contributed by atoms with Crippen molar-refractivity contribution >= 4 is 10.1 Å². The Morgan fingerprint density at radius 1 is 0.905 bits per heavy atom. The summed E-state index contributed by atoms with van der Waals surface area (Å²) in [6, 6.07) is 17.5. The van der Waals surface area contributed by atoms with Gasteiger partial charge in [-0.1, -0.05) is 42.5 Å². The van der Waals surface area contributed by atoms with Crippen molar-refractivity contribution in [2.24, 2.45) is 0 Å². The second-order valence-corrected chi connectivity index (χ2v) is 6.38. The summed E-state index contributed by atoms with van der Waals surface area (Å²) in [6.07, 6.45) is 1.02. The first kappa shape index (κ1) is 15.5. The molecule has 0 aromatic heterocycles. The largest absolute Gasteiger partial charge is 0.489 e. The average Bonchev–Trinajstić information content (AvgIpc) is 2.46. The van der Waals surface area contributed by atoms with Crippen LogP contribution >= 0.6 is 0 Å². The second kappa shape index (κ2) is 7.24. The maximum absolute atomic E-state index is 10.6. The van der Waals surface area contributed by atoms with E-state index in [-0.39, 0.29) is 5.75 Å². The lowest BCUT2D eigenvalue weighted by Crippen LogP contribution is -2.04. The fourth-order valence-electron chi connectivity index (χ4n) is 1.95. The van der Waals surface area contributed by atoms with Gasteiger partial charge in [-0.2, -0.15) is 8.42 Å². The molecule has 0 bridgehead atoms. The molecule has 0 aliphatic rings. The van der Waals surface area contributed by atoms with E-state index in [1.54, 1.807) is 0 Å².